The minimum Gasteiger partial charge on any atom is -0.349 e. The van der Waals surface area contributed by atoms with Crippen LogP contribution in [0.5, 0.6) is 0 Å². The van der Waals surface area contributed by atoms with Crippen LogP contribution in [0.4, 0.5) is 0 Å². The van der Waals surface area contributed by atoms with Crippen LogP contribution in [-0.2, 0) is 4.79 Å². The average Bonchev–Trinajstić information content (AvgIpc) is 2.34. The molecule has 1 unspecified atom stereocenters. The van der Waals surface area contributed by atoms with E-state index in [1.165, 1.54) is 25.7 Å². The summed E-state index contributed by atoms with van der Waals surface area (Å²) in [6, 6.07) is 0. The highest BCUT2D eigenvalue weighted by Gasteiger charge is 2.31. The van der Waals surface area contributed by atoms with E-state index in [1.807, 2.05) is 14.1 Å². The van der Waals surface area contributed by atoms with E-state index in [1.54, 1.807) is 4.90 Å². The van der Waals surface area contributed by atoms with Crippen LogP contribution in [0.1, 0.15) is 52.9 Å². The van der Waals surface area contributed by atoms with E-state index in [4.69, 9.17) is 5.73 Å². The van der Waals surface area contributed by atoms with Gasteiger partial charge >= 0.3 is 0 Å². The molecule has 1 fully saturated rings. The molecule has 0 aromatic rings. The predicted octanol–water partition coefficient (Wildman–Crippen LogP) is 2.89. The maximum Gasteiger partial charge on any atom is 0.226 e. The van der Waals surface area contributed by atoms with Crippen LogP contribution < -0.4 is 5.73 Å². The van der Waals surface area contributed by atoms with Crippen LogP contribution in [0.3, 0.4) is 0 Å². The first-order valence-electron chi connectivity index (χ1n) is 7.67. The van der Waals surface area contributed by atoms with Gasteiger partial charge in [0.15, 0.2) is 0 Å². The topological polar surface area (TPSA) is 46.3 Å². The molecule has 0 spiro atoms. The maximum absolute atomic E-state index is 12.0. The lowest BCUT2D eigenvalue weighted by atomic mass is 9.68. The second-order valence-electron chi connectivity index (χ2n) is 7.48. The fraction of sp³-hybridized carbons (Fsp3) is 0.938. The van der Waals surface area contributed by atoms with Gasteiger partial charge in [-0.1, -0.05) is 33.6 Å². The summed E-state index contributed by atoms with van der Waals surface area (Å²) in [6.45, 7) is 7.51. The van der Waals surface area contributed by atoms with Gasteiger partial charge in [-0.3, -0.25) is 4.79 Å². The summed E-state index contributed by atoms with van der Waals surface area (Å²) >= 11 is 0. The molecular weight excluding hydrogens is 236 g/mol. The van der Waals surface area contributed by atoms with Gasteiger partial charge in [-0.05, 0) is 36.5 Å². The summed E-state index contributed by atoms with van der Waals surface area (Å²) in [5.41, 5.74) is 6.21. The van der Waals surface area contributed by atoms with Crippen molar-refractivity contribution in [2.75, 3.05) is 20.6 Å². The molecule has 0 aromatic heterocycles. The minimum absolute atomic E-state index is 0.0196. The van der Waals surface area contributed by atoms with E-state index in [-0.39, 0.29) is 11.8 Å². The number of hydrogen-bond acceptors (Lipinski definition) is 2. The summed E-state index contributed by atoms with van der Waals surface area (Å²) in [4.78, 5) is 13.7. The Balaban J connectivity index is 2.46. The van der Waals surface area contributed by atoms with E-state index in [0.29, 0.717) is 17.9 Å². The molecule has 1 atom stereocenters. The number of hydrogen-bond donors (Lipinski definition) is 1. The number of amides is 1. The fourth-order valence-corrected chi connectivity index (χ4v) is 3.33. The standard InChI is InChI=1S/C16H32N2O/c1-16(2,3)14-8-6-12(7-9-14)10-13(11-17)15(19)18(4)5/h12-14H,6-11,17H2,1-5H3. The smallest absolute Gasteiger partial charge is 0.226 e. The van der Waals surface area contributed by atoms with Gasteiger partial charge in [0.1, 0.15) is 0 Å². The zero-order chi connectivity index (χ0) is 14.6. The Morgan fingerprint density at radius 1 is 1.21 bits per heavy atom. The van der Waals surface area contributed by atoms with Crippen LogP contribution in [0.25, 0.3) is 0 Å². The molecule has 3 heteroatoms. The summed E-state index contributed by atoms with van der Waals surface area (Å²) < 4.78 is 0. The lowest BCUT2D eigenvalue weighted by Gasteiger charge is -2.37. The van der Waals surface area contributed by atoms with Gasteiger partial charge in [0, 0.05) is 20.6 Å². The van der Waals surface area contributed by atoms with Gasteiger partial charge in [0.05, 0.1) is 5.92 Å². The first kappa shape index (κ1) is 16.5. The lowest BCUT2D eigenvalue weighted by Crippen LogP contribution is -2.36. The normalized spacial score (nSPS) is 26.0. The van der Waals surface area contributed by atoms with E-state index in [2.05, 4.69) is 20.8 Å². The van der Waals surface area contributed by atoms with Crippen molar-refractivity contribution in [3.05, 3.63) is 0 Å². The molecule has 19 heavy (non-hydrogen) atoms. The first-order chi connectivity index (χ1) is 8.75. The van der Waals surface area contributed by atoms with Crippen molar-refractivity contribution < 1.29 is 4.79 Å². The molecule has 1 rings (SSSR count). The van der Waals surface area contributed by atoms with Gasteiger partial charge < -0.3 is 10.6 Å². The van der Waals surface area contributed by atoms with E-state index >= 15 is 0 Å². The third-order valence-corrected chi connectivity index (χ3v) is 4.76. The summed E-state index contributed by atoms with van der Waals surface area (Å²) in [5, 5.41) is 0. The van der Waals surface area contributed by atoms with E-state index in [0.717, 1.165) is 12.3 Å². The molecule has 0 aromatic carbocycles. The lowest BCUT2D eigenvalue weighted by molar-refractivity contribution is -0.133. The Morgan fingerprint density at radius 3 is 2.11 bits per heavy atom. The number of nitrogens with zero attached hydrogens (tertiary/aromatic N) is 1. The zero-order valence-corrected chi connectivity index (χ0v) is 13.4. The van der Waals surface area contributed by atoms with Gasteiger partial charge in [-0.2, -0.15) is 0 Å². The summed E-state index contributed by atoms with van der Waals surface area (Å²) in [7, 11) is 3.64. The minimum atomic E-state index is 0.0196. The SMILES string of the molecule is CN(C)C(=O)C(CN)CC1CCC(C(C)(C)C)CC1. The Hall–Kier alpha value is -0.570. The molecule has 1 aliphatic carbocycles. The molecule has 112 valence electrons. The van der Waals surface area contributed by atoms with E-state index in [9.17, 15) is 4.79 Å². The number of carbonyl (C=O) groups is 1. The molecule has 1 saturated carbocycles. The maximum atomic E-state index is 12.0. The van der Waals surface area contributed by atoms with Crippen LogP contribution >= 0.6 is 0 Å². The summed E-state index contributed by atoms with van der Waals surface area (Å²) in [6.07, 6.45) is 6.12. The highest BCUT2D eigenvalue weighted by molar-refractivity contribution is 5.78. The van der Waals surface area contributed by atoms with E-state index < -0.39 is 0 Å². The Kier molecular flexibility index (Phi) is 5.84. The van der Waals surface area contributed by atoms with Crippen LogP contribution in [0.2, 0.25) is 0 Å². The van der Waals surface area contributed by atoms with Crippen molar-refractivity contribution in [3.63, 3.8) is 0 Å². The third kappa shape index (κ3) is 4.79. The highest BCUT2D eigenvalue weighted by Crippen LogP contribution is 2.41. The molecule has 3 nitrogen and oxygen atoms in total. The monoisotopic (exact) mass is 268 g/mol. The molecule has 0 heterocycles. The van der Waals surface area contributed by atoms with Gasteiger partial charge in [0.2, 0.25) is 5.91 Å². The zero-order valence-electron chi connectivity index (χ0n) is 13.4. The second kappa shape index (κ2) is 6.74. The van der Waals surface area contributed by atoms with Crippen molar-refractivity contribution in [2.24, 2.45) is 28.9 Å². The molecular formula is C16H32N2O. The van der Waals surface area contributed by atoms with Crippen molar-refractivity contribution >= 4 is 5.91 Å². The van der Waals surface area contributed by atoms with Gasteiger partial charge in [-0.25, -0.2) is 0 Å². The number of nitrogens with two attached hydrogens (primary N) is 1. The second-order valence-corrected chi connectivity index (χ2v) is 7.48. The van der Waals surface area contributed by atoms with Crippen molar-refractivity contribution in [1.82, 2.24) is 4.90 Å². The Labute approximate surface area is 118 Å². The van der Waals surface area contributed by atoms with Crippen LogP contribution in [0.15, 0.2) is 0 Å². The van der Waals surface area contributed by atoms with Crippen LogP contribution in [-0.4, -0.2) is 31.4 Å². The van der Waals surface area contributed by atoms with Crippen LogP contribution in [0, 0.1) is 23.2 Å². The largest absolute Gasteiger partial charge is 0.349 e. The summed E-state index contributed by atoms with van der Waals surface area (Å²) in [5.74, 6) is 1.74. The molecule has 0 bridgehead atoms. The molecule has 1 aliphatic rings. The first-order valence-corrected chi connectivity index (χ1v) is 7.67. The Bertz CT molecular complexity index is 286. The molecule has 0 saturated heterocycles. The molecule has 0 radical (unpaired) electrons. The highest BCUT2D eigenvalue weighted by atomic mass is 16.2. The predicted molar refractivity (Wildman–Crippen MR) is 80.8 cm³/mol. The Morgan fingerprint density at radius 2 is 1.74 bits per heavy atom. The van der Waals surface area contributed by atoms with Crippen molar-refractivity contribution in [2.45, 2.75) is 52.9 Å². The fourth-order valence-electron chi connectivity index (χ4n) is 3.33. The molecule has 0 aliphatic heterocycles. The quantitative estimate of drug-likeness (QED) is 0.852. The number of carbonyl (C=O) groups excluding carboxylic acids is 1. The number of rotatable bonds is 4. The van der Waals surface area contributed by atoms with Gasteiger partial charge in [0.25, 0.3) is 0 Å². The van der Waals surface area contributed by atoms with Crippen molar-refractivity contribution in [3.8, 4) is 0 Å². The third-order valence-electron chi connectivity index (χ3n) is 4.76. The molecule has 2 N–H and O–H groups in total. The average molecular weight is 268 g/mol. The van der Waals surface area contributed by atoms with Gasteiger partial charge in [-0.15, -0.1) is 0 Å². The van der Waals surface area contributed by atoms with Crippen molar-refractivity contribution in [1.29, 1.82) is 0 Å². The molecule has 1 amide bonds.